The normalized spacial score (nSPS) is 14.1. The maximum absolute atomic E-state index is 12.1. The monoisotopic (exact) mass is 355 g/mol. The van der Waals surface area contributed by atoms with Gasteiger partial charge in [-0.2, -0.15) is 5.10 Å². The van der Waals surface area contributed by atoms with Crippen molar-refractivity contribution in [2.75, 3.05) is 5.32 Å². The molecule has 1 fully saturated rings. The summed E-state index contributed by atoms with van der Waals surface area (Å²) in [6.07, 6.45) is 1.95. The van der Waals surface area contributed by atoms with Gasteiger partial charge in [-0.25, -0.2) is 5.43 Å². The van der Waals surface area contributed by atoms with Gasteiger partial charge in [-0.05, 0) is 49.6 Å². The van der Waals surface area contributed by atoms with E-state index >= 15 is 0 Å². The molecule has 2 amide bonds. The number of hydrazone groups is 1. The third-order valence-electron chi connectivity index (χ3n) is 3.96. The summed E-state index contributed by atoms with van der Waals surface area (Å²) in [6.45, 7) is 1.80. The van der Waals surface area contributed by atoms with Crippen molar-refractivity contribution < 1.29 is 9.59 Å². The summed E-state index contributed by atoms with van der Waals surface area (Å²) in [7, 11) is 0. The zero-order valence-corrected chi connectivity index (χ0v) is 14.5. The molecule has 2 aromatic carbocycles. The highest BCUT2D eigenvalue weighted by atomic mass is 35.5. The van der Waals surface area contributed by atoms with Crippen LogP contribution in [0, 0.1) is 5.92 Å². The number of rotatable bonds is 5. The predicted molar refractivity (Wildman–Crippen MR) is 98.9 cm³/mol. The maximum Gasteiger partial charge on any atom is 0.272 e. The molecule has 0 spiro atoms. The smallest absolute Gasteiger partial charge is 0.272 e. The van der Waals surface area contributed by atoms with E-state index in [9.17, 15) is 9.59 Å². The number of benzene rings is 2. The molecule has 128 valence electrons. The second-order valence-corrected chi connectivity index (χ2v) is 6.37. The molecule has 0 aromatic heterocycles. The molecule has 2 aromatic rings. The lowest BCUT2D eigenvalue weighted by atomic mass is 10.1. The lowest BCUT2D eigenvalue weighted by Crippen LogP contribution is -2.19. The molecule has 1 aliphatic rings. The number of nitrogens with one attached hydrogen (secondary N) is 2. The van der Waals surface area contributed by atoms with Gasteiger partial charge < -0.3 is 5.32 Å². The first kappa shape index (κ1) is 17.2. The first-order valence-electron chi connectivity index (χ1n) is 8.05. The summed E-state index contributed by atoms with van der Waals surface area (Å²) in [4.78, 5) is 23.8. The third-order valence-corrected chi connectivity index (χ3v) is 4.29. The molecule has 0 saturated heterocycles. The summed E-state index contributed by atoms with van der Waals surface area (Å²) in [6, 6.07) is 14.1. The SMILES string of the molecule is C/C(=N\NC(=O)c1ccccc1Cl)c1ccc(NC(=O)C2CC2)cc1. The van der Waals surface area contributed by atoms with Crippen LogP contribution >= 0.6 is 11.6 Å². The van der Waals surface area contributed by atoms with E-state index in [1.807, 2.05) is 24.3 Å². The second kappa shape index (κ2) is 7.49. The Morgan fingerprint density at radius 3 is 2.40 bits per heavy atom. The minimum atomic E-state index is -0.363. The fraction of sp³-hybridized carbons (Fsp3) is 0.211. The van der Waals surface area contributed by atoms with E-state index < -0.39 is 0 Å². The summed E-state index contributed by atoms with van der Waals surface area (Å²) < 4.78 is 0. The molecule has 5 nitrogen and oxygen atoms in total. The van der Waals surface area contributed by atoms with Crippen molar-refractivity contribution in [2.45, 2.75) is 19.8 Å². The van der Waals surface area contributed by atoms with Crippen molar-refractivity contribution >= 4 is 34.8 Å². The predicted octanol–water partition coefficient (Wildman–Crippen LogP) is 3.84. The number of carbonyl (C=O) groups is 2. The van der Waals surface area contributed by atoms with Gasteiger partial charge in [0.05, 0.1) is 16.3 Å². The first-order valence-corrected chi connectivity index (χ1v) is 8.43. The summed E-state index contributed by atoms with van der Waals surface area (Å²) in [5.74, 6) is -0.119. The van der Waals surface area contributed by atoms with Crippen LogP contribution in [0.2, 0.25) is 5.02 Å². The molecule has 1 aliphatic carbocycles. The largest absolute Gasteiger partial charge is 0.326 e. The Balaban J connectivity index is 1.62. The van der Waals surface area contributed by atoms with Gasteiger partial charge in [0.1, 0.15) is 0 Å². The number of hydrogen-bond donors (Lipinski definition) is 2. The highest BCUT2D eigenvalue weighted by molar-refractivity contribution is 6.33. The van der Waals surface area contributed by atoms with Crippen molar-refractivity contribution in [3.05, 3.63) is 64.7 Å². The second-order valence-electron chi connectivity index (χ2n) is 5.96. The van der Waals surface area contributed by atoms with Crippen molar-refractivity contribution in [1.82, 2.24) is 5.43 Å². The van der Waals surface area contributed by atoms with Crippen LogP contribution in [0.5, 0.6) is 0 Å². The Morgan fingerprint density at radius 2 is 1.76 bits per heavy atom. The lowest BCUT2D eigenvalue weighted by Gasteiger charge is -2.07. The van der Waals surface area contributed by atoms with Crippen LogP contribution in [-0.4, -0.2) is 17.5 Å². The highest BCUT2D eigenvalue weighted by Gasteiger charge is 2.29. The Labute approximate surface area is 151 Å². The van der Waals surface area contributed by atoms with Crippen molar-refractivity contribution in [2.24, 2.45) is 11.0 Å². The quantitative estimate of drug-likeness (QED) is 0.631. The molecule has 0 unspecified atom stereocenters. The Bertz CT molecular complexity index is 827. The van der Waals surface area contributed by atoms with E-state index in [4.69, 9.17) is 11.6 Å². The molecule has 0 bridgehead atoms. The third kappa shape index (κ3) is 4.45. The van der Waals surface area contributed by atoms with Crippen LogP contribution in [0.25, 0.3) is 0 Å². The fourth-order valence-corrected chi connectivity index (χ4v) is 2.51. The summed E-state index contributed by atoms with van der Waals surface area (Å²) in [5.41, 5.74) is 5.14. The molecule has 0 radical (unpaired) electrons. The Kier molecular flexibility index (Phi) is 5.14. The number of anilines is 1. The van der Waals surface area contributed by atoms with Gasteiger partial charge in [-0.3, -0.25) is 9.59 Å². The number of hydrogen-bond acceptors (Lipinski definition) is 3. The molecule has 0 aliphatic heterocycles. The average Bonchev–Trinajstić information content (AvgIpc) is 3.45. The molecule has 1 saturated carbocycles. The van der Waals surface area contributed by atoms with Crippen LogP contribution in [0.4, 0.5) is 5.69 Å². The van der Waals surface area contributed by atoms with Gasteiger partial charge in [0.15, 0.2) is 0 Å². The molecule has 0 atom stereocenters. The van der Waals surface area contributed by atoms with Crippen molar-refractivity contribution in [1.29, 1.82) is 0 Å². The molecular weight excluding hydrogens is 338 g/mol. The van der Waals surface area contributed by atoms with Gasteiger partial charge in [0, 0.05) is 11.6 Å². The average molecular weight is 356 g/mol. The van der Waals surface area contributed by atoms with Gasteiger partial charge in [0.2, 0.25) is 5.91 Å². The molecule has 25 heavy (non-hydrogen) atoms. The number of nitrogens with zero attached hydrogens (tertiary/aromatic N) is 1. The summed E-state index contributed by atoms with van der Waals surface area (Å²) >= 11 is 5.99. The minimum absolute atomic E-state index is 0.0742. The van der Waals surface area contributed by atoms with Gasteiger partial charge >= 0.3 is 0 Å². The molecule has 0 heterocycles. The van der Waals surface area contributed by atoms with Gasteiger partial charge in [-0.15, -0.1) is 0 Å². The van der Waals surface area contributed by atoms with Crippen LogP contribution in [-0.2, 0) is 4.79 Å². The summed E-state index contributed by atoms with van der Waals surface area (Å²) in [5, 5.41) is 7.37. The minimum Gasteiger partial charge on any atom is -0.326 e. The van der Waals surface area contributed by atoms with Crippen molar-refractivity contribution in [3.8, 4) is 0 Å². The van der Waals surface area contributed by atoms with Crippen LogP contribution < -0.4 is 10.7 Å². The topological polar surface area (TPSA) is 70.6 Å². The fourth-order valence-electron chi connectivity index (χ4n) is 2.29. The molecular formula is C19H18ClN3O2. The lowest BCUT2D eigenvalue weighted by molar-refractivity contribution is -0.117. The van der Waals surface area contributed by atoms with E-state index in [1.54, 1.807) is 31.2 Å². The standard InChI is InChI=1S/C19H18ClN3O2/c1-12(22-23-19(25)16-4-2-3-5-17(16)20)13-8-10-15(11-9-13)21-18(24)14-6-7-14/h2-5,8-11,14H,6-7H2,1H3,(H,21,24)(H,23,25)/b22-12+. The van der Waals surface area contributed by atoms with Gasteiger partial charge in [0.25, 0.3) is 5.91 Å². The van der Waals surface area contributed by atoms with E-state index in [-0.39, 0.29) is 17.7 Å². The zero-order chi connectivity index (χ0) is 17.8. The highest BCUT2D eigenvalue weighted by Crippen LogP contribution is 2.30. The number of carbonyl (C=O) groups excluding carboxylic acids is 2. The Morgan fingerprint density at radius 1 is 1.08 bits per heavy atom. The van der Waals surface area contributed by atoms with E-state index in [2.05, 4.69) is 15.8 Å². The van der Waals surface area contributed by atoms with Crippen LogP contribution in [0.15, 0.2) is 53.6 Å². The van der Waals surface area contributed by atoms with Crippen LogP contribution in [0.3, 0.4) is 0 Å². The maximum atomic E-state index is 12.1. The molecule has 6 heteroatoms. The first-order chi connectivity index (χ1) is 12.0. The van der Waals surface area contributed by atoms with E-state index in [0.29, 0.717) is 16.3 Å². The Hall–Kier alpha value is -2.66. The molecule has 2 N–H and O–H groups in total. The van der Waals surface area contributed by atoms with E-state index in [0.717, 1.165) is 24.1 Å². The van der Waals surface area contributed by atoms with Crippen molar-refractivity contribution in [3.63, 3.8) is 0 Å². The van der Waals surface area contributed by atoms with Crippen LogP contribution in [0.1, 0.15) is 35.7 Å². The van der Waals surface area contributed by atoms with E-state index in [1.165, 1.54) is 0 Å². The zero-order valence-electron chi connectivity index (χ0n) is 13.8. The number of halogens is 1. The number of amides is 2. The molecule has 3 rings (SSSR count). The van der Waals surface area contributed by atoms with Gasteiger partial charge in [-0.1, -0.05) is 35.9 Å².